The summed E-state index contributed by atoms with van der Waals surface area (Å²) in [6, 6.07) is 17.7. The van der Waals surface area contributed by atoms with Crippen molar-refractivity contribution in [2.45, 2.75) is 19.1 Å². The van der Waals surface area contributed by atoms with E-state index in [1.165, 1.54) is 6.07 Å². The van der Waals surface area contributed by atoms with Crippen LogP contribution in [0.15, 0.2) is 71.1 Å². The Morgan fingerprint density at radius 2 is 1.78 bits per heavy atom. The van der Waals surface area contributed by atoms with Gasteiger partial charge in [0, 0.05) is 18.7 Å². The third-order valence-electron chi connectivity index (χ3n) is 4.95. The van der Waals surface area contributed by atoms with Crippen LogP contribution in [0.3, 0.4) is 0 Å². The van der Waals surface area contributed by atoms with Gasteiger partial charge >= 0.3 is 12.1 Å². The second-order valence-corrected chi connectivity index (χ2v) is 7.27. The summed E-state index contributed by atoms with van der Waals surface area (Å²) < 4.78 is 47.1. The van der Waals surface area contributed by atoms with Gasteiger partial charge in [0.1, 0.15) is 5.52 Å². The van der Waals surface area contributed by atoms with Gasteiger partial charge in [-0.25, -0.2) is 4.98 Å². The van der Waals surface area contributed by atoms with Gasteiger partial charge in [-0.3, -0.25) is 4.79 Å². The van der Waals surface area contributed by atoms with Gasteiger partial charge in [0.25, 0.3) is 0 Å². The molecule has 0 bridgehead atoms. The van der Waals surface area contributed by atoms with Crippen molar-refractivity contribution in [1.82, 2.24) is 10.3 Å². The second kappa shape index (κ2) is 8.84. The van der Waals surface area contributed by atoms with E-state index in [1.54, 1.807) is 48.5 Å². The van der Waals surface area contributed by atoms with Gasteiger partial charge in [0.2, 0.25) is 5.89 Å². The lowest BCUT2D eigenvalue weighted by Crippen LogP contribution is -2.17. The zero-order chi connectivity index (χ0) is 22.7. The minimum Gasteiger partial charge on any atom is -0.481 e. The maximum absolute atomic E-state index is 13.8. The quantitative estimate of drug-likeness (QED) is 0.358. The first kappa shape index (κ1) is 21.6. The number of carboxylic acid groups (broad SMARTS) is 1. The van der Waals surface area contributed by atoms with Crippen LogP contribution in [0.1, 0.15) is 17.5 Å². The van der Waals surface area contributed by atoms with Crippen LogP contribution < -0.4 is 5.32 Å². The van der Waals surface area contributed by atoms with Crippen molar-refractivity contribution in [3.63, 3.8) is 0 Å². The van der Waals surface area contributed by atoms with Crippen LogP contribution in [0.2, 0.25) is 0 Å². The molecule has 4 aromatic rings. The van der Waals surface area contributed by atoms with E-state index in [0.717, 1.165) is 11.6 Å². The zero-order valence-corrected chi connectivity index (χ0v) is 16.8. The molecule has 1 heterocycles. The van der Waals surface area contributed by atoms with Crippen molar-refractivity contribution in [2.75, 3.05) is 6.54 Å². The Morgan fingerprint density at radius 3 is 2.50 bits per heavy atom. The highest BCUT2D eigenvalue weighted by Gasteiger charge is 2.34. The number of alkyl halides is 3. The Kier molecular flexibility index (Phi) is 5.96. The molecule has 0 radical (unpaired) electrons. The molecule has 0 saturated carbocycles. The molecule has 4 rings (SSSR count). The smallest absolute Gasteiger partial charge is 0.417 e. The lowest BCUT2D eigenvalue weighted by Gasteiger charge is -2.14. The van der Waals surface area contributed by atoms with Crippen LogP contribution in [-0.4, -0.2) is 22.6 Å². The molecule has 0 amide bonds. The molecule has 0 aliphatic carbocycles. The summed E-state index contributed by atoms with van der Waals surface area (Å²) in [5.74, 6) is -0.787. The number of hydrogen-bond acceptors (Lipinski definition) is 4. The fraction of sp³-hybridized carbons (Fsp3) is 0.167. The molecule has 8 heteroatoms. The molecule has 2 N–H and O–H groups in total. The topological polar surface area (TPSA) is 75.4 Å². The predicted octanol–water partition coefficient (Wildman–Crippen LogP) is 5.74. The molecule has 0 atom stereocenters. The first-order chi connectivity index (χ1) is 15.3. The summed E-state index contributed by atoms with van der Waals surface area (Å²) in [6.07, 6.45) is -4.53. The highest BCUT2D eigenvalue weighted by molar-refractivity contribution is 5.78. The van der Waals surface area contributed by atoms with Gasteiger partial charge in [-0.1, -0.05) is 42.5 Å². The number of carbonyl (C=O) groups is 1. The molecule has 1 aromatic heterocycles. The van der Waals surface area contributed by atoms with E-state index in [9.17, 15) is 18.0 Å². The fourth-order valence-corrected chi connectivity index (χ4v) is 3.41. The average molecular weight is 440 g/mol. The van der Waals surface area contributed by atoms with Gasteiger partial charge in [0.15, 0.2) is 5.58 Å². The Morgan fingerprint density at radius 1 is 1.00 bits per heavy atom. The molecule has 0 spiro atoms. The van der Waals surface area contributed by atoms with Crippen LogP contribution in [0.25, 0.3) is 33.7 Å². The predicted molar refractivity (Wildman–Crippen MR) is 114 cm³/mol. The number of rotatable bonds is 7. The Balaban J connectivity index is 1.64. The number of oxazole rings is 1. The molecule has 0 unspecified atom stereocenters. The molecular formula is C24H19F3N2O3. The monoisotopic (exact) mass is 440 g/mol. The SMILES string of the molecule is O=C(O)CCNCc1ccc2nc(-c3ccc(-c4ccccc4)c(C(F)(F)F)c3)oc2c1. The normalized spacial score (nSPS) is 11.7. The van der Waals surface area contributed by atoms with Gasteiger partial charge in [-0.15, -0.1) is 0 Å². The lowest BCUT2D eigenvalue weighted by atomic mass is 9.97. The van der Waals surface area contributed by atoms with Gasteiger partial charge in [0.05, 0.1) is 12.0 Å². The van der Waals surface area contributed by atoms with Gasteiger partial charge in [-0.2, -0.15) is 13.2 Å². The van der Waals surface area contributed by atoms with Crippen LogP contribution in [0.5, 0.6) is 0 Å². The van der Waals surface area contributed by atoms with Crippen molar-refractivity contribution in [2.24, 2.45) is 0 Å². The summed E-state index contributed by atoms with van der Waals surface area (Å²) in [5, 5.41) is 11.7. The van der Waals surface area contributed by atoms with Crippen molar-refractivity contribution < 1.29 is 27.5 Å². The lowest BCUT2D eigenvalue weighted by molar-refractivity contribution is -0.137. The Hall–Kier alpha value is -3.65. The molecule has 164 valence electrons. The molecule has 0 fully saturated rings. The maximum Gasteiger partial charge on any atom is 0.417 e. The second-order valence-electron chi connectivity index (χ2n) is 7.27. The van der Waals surface area contributed by atoms with E-state index >= 15 is 0 Å². The van der Waals surface area contributed by atoms with Crippen LogP contribution >= 0.6 is 0 Å². The summed E-state index contributed by atoms with van der Waals surface area (Å²) in [7, 11) is 0. The van der Waals surface area contributed by atoms with E-state index < -0.39 is 17.7 Å². The van der Waals surface area contributed by atoms with Crippen molar-refractivity contribution in [3.8, 4) is 22.6 Å². The number of aromatic nitrogens is 1. The Bertz CT molecular complexity index is 1250. The molecule has 3 aromatic carbocycles. The van der Waals surface area contributed by atoms with Crippen LogP contribution in [0.4, 0.5) is 13.2 Å². The number of halogens is 3. The third-order valence-corrected chi connectivity index (χ3v) is 4.95. The highest BCUT2D eigenvalue weighted by atomic mass is 19.4. The number of carboxylic acids is 1. The number of benzene rings is 3. The van der Waals surface area contributed by atoms with Crippen LogP contribution in [0, 0.1) is 0 Å². The molecule has 5 nitrogen and oxygen atoms in total. The molecule has 0 aliphatic heterocycles. The van der Waals surface area contributed by atoms with Gasteiger partial charge in [-0.05, 0) is 41.0 Å². The first-order valence-electron chi connectivity index (χ1n) is 9.90. The molecular weight excluding hydrogens is 421 g/mol. The number of nitrogens with one attached hydrogen (secondary N) is 1. The minimum atomic E-state index is -4.54. The summed E-state index contributed by atoms with van der Waals surface area (Å²) >= 11 is 0. The van der Waals surface area contributed by atoms with Crippen molar-refractivity contribution >= 4 is 17.1 Å². The number of nitrogens with zero attached hydrogens (tertiary/aromatic N) is 1. The summed E-state index contributed by atoms with van der Waals surface area (Å²) in [6.45, 7) is 0.756. The number of hydrogen-bond donors (Lipinski definition) is 2. The minimum absolute atomic E-state index is 0.00914. The van der Waals surface area contributed by atoms with E-state index in [-0.39, 0.29) is 23.4 Å². The number of fused-ring (bicyclic) bond motifs is 1. The van der Waals surface area contributed by atoms with E-state index in [1.807, 2.05) is 6.07 Å². The molecule has 0 saturated heterocycles. The largest absolute Gasteiger partial charge is 0.481 e. The van der Waals surface area contributed by atoms with Gasteiger partial charge < -0.3 is 14.8 Å². The van der Waals surface area contributed by atoms with Crippen molar-refractivity contribution in [3.05, 3.63) is 77.9 Å². The maximum atomic E-state index is 13.8. The third kappa shape index (κ3) is 4.81. The van der Waals surface area contributed by atoms with E-state index in [4.69, 9.17) is 9.52 Å². The molecule has 0 aliphatic rings. The summed E-state index contributed by atoms with van der Waals surface area (Å²) in [5.41, 5.74) is 1.85. The molecule has 32 heavy (non-hydrogen) atoms. The van der Waals surface area contributed by atoms with E-state index in [2.05, 4.69) is 10.3 Å². The van der Waals surface area contributed by atoms with Crippen LogP contribution in [-0.2, 0) is 17.5 Å². The first-order valence-corrected chi connectivity index (χ1v) is 9.90. The summed E-state index contributed by atoms with van der Waals surface area (Å²) in [4.78, 5) is 14.9. The highest BCUT2D eigenvalue weighted by Crippen LogP contribution is 2.39. The van der Waals surface area contributed by atoms with Crippen molar-refractivity contribution in [1.29, 1.82) is 0 Å². The zero-order valence-electron chi connectivity index (χ0n) is 16.8. The number of aliphatic carboxylic acids is 1. The average Bonchev–Trinajstić information content (AvgIpc) is 3.20. The standard InChI is InChI=1S/C24H19F3N2O3/c25-24(26,27)19-13-17(7-8-18(19)16-4-2-1-3-5-16)23-29-20-9-6-15(12-21(20)32-23)14-28-11-10-22(30)31/h1-9,12-13,28H,10-11,14H2,(H,30,31). The fourth-order valence-electron chi connectivity index (χ4n) is 3.41. The Labute approximate surface area is 181 Å². The van der Waals surface area contributed by atoms with E-state index in [0.29, 0.717) is 29.8 Å².